The molecule has 0 saturated carbocycles. The molecule has 146 valence electrons. The van der Waals surface area contributed by atoms with Gasteiger partial charge in [0.05, 0.1) is 16.6 Å². The number of aliphatic hydroxyl groups is 1. The normalized spacial score (nSPS) is 13.7. The van der Waals surface area contributed by atoms with E-state index in [1.165, 1.54) is 18.2 Å². The molecule has 0 aliphatic carbocycles. The second-order valence-corrected chi connectivity index (χ2v) is 6.92. The van der Waals surface area contributed by atoms with Gasteiger partial charge < -0.3 is 5.11 Å². The van der Waals surface area contributed by atoms with Gasteiger partial charge in [-0.1, -0.05) is 30.3 Å². The van der Waals surface area contributed by atoms with Crippen LogP contribution in [0.15, 0.2) is 54.6 Å². The van der Waals surface area contributed by atoms with Crippen molar-refractivity contribution in [3.8, 4) is 0 Å². The van der Waals surface area contributed by atoms with Gasteiger partial charge >= 0.3 is 6.18 Å². The van der Waals surface area contributed by atoms with Crippen LogP contribution in [0.3, 0.4) is 0 Å². The molecule has 0 aliphatic heterocycles. The summed E-state index contributed by atoms with van der Waals surface area (Å²) in [7, 11) is 0. The van der Waals surface area contributed by atoms with Crippen LogP contribution in [-0.4, -0.2) is 28.1 Å². The molecule has 0 spiro atoms. The Bertz CT molecular complexity index is 974. The zero-order chi connectivity index (χ0) is 20.4. The maximum absolute atomic E-state index is 13.6. The number of halogens is 3. The van der Waals surface area contributed by atoms with Crippen molar-refractivity contribution >= 4 is 33.4 Å². The van der Waals surface area contributed by atoms with Gasteiger partial charge in [-0.15, -0.1) is 11.3 Å². The van der Waals surface area contributed by atoms with Crippen LogP contribution in [0.25, 0.3) is 10.2 Å². The SMILES string of the molecule is O=C(CC(O)(c1nc2ccccc2s1)C(F)(F)F)NNC(=O)c1ccccc1. The van der Waals surface area contributed by atoms with Gasteiger partial charge in [0, 0.05) is 5.56 Å². The Balaban J connectivity index is 1.77. The van der Waals surface area contributed by atoms with Gasteiger partial charge in [-0.2, -0.15) is 13.2 Å². The smallest absolute Gasteiger partial charge is 0.374 e. The maximum Gasteiger partial charge on any atom is 0.424 e. The lowest BCUT2D eigenvalue weighted by molar-refractivity contribution is -0.267. The number of fused-ring (bicyclic) bond motifs is 1. The fourth-order valence-corrected chi connectivity index (χ4v) is 3.48. The number of carbonyl (C=O) groups excluding carboxylic acids is 2. The lowest BCUT2D eigenvalue weighted by Gasteiger charge is -2.27. The van der Waals surface area contributed by atoms with E-state index in [9.17, 15) is 27.9 Å². The summed E-state index contributed by atoms with van der Waals surface area (Å²) in [6.07, 6.45) is -6.51. The summed E-state index contributed by atoms with van der Waals surface area (Å²) in [5.41, 5.74) is 0.909. The molecule has 1 heterocycles. The first-order valence-electron chi connectivity index (χ1n) is 8.00. The van der Waals surface area contributed by atoms with Crippen LogP contribution in [0.5, 0.6) is 0 Å². The van der Waals surface area contributed by atoms with Crippen LogP contribution in [-0.2, 0) is 10.4 Å². The lowest BCUT2D eigenvalue weighted by Crippen LogP contribution is -2.49. The molecule has 0 saturated heterocycles. The Morgan fingerprint density at radius 1 is 1.00 bits per heavy atom. The first-order valence-corrected chi connectivity index (χ1v) is 8.82. The van der Waals surface area contributed by atoms with Gasteiger partial charge in [-0.05, 0) is 24.3 Å². The van der Waals surface area contributed by atoms with Crippen molar-refractivity contribution in [1.29, 1.82) is 0 Å². The Labute approximate surface area is 161 Å². The third-order valence-corrected chi connectivity index (χ3v) is 5.07. The number of hydrazine groups is 1. The molecule has 3 N–H and O–H groups in total. The highest BCUT2D eigenvalue weighted by Gasteiger charge is 2.58. The summed E-state index contributed by atoms with van der Waals surface area (Å²) in [6, 6.07) is 14.1. The fourth-order valence-electron chi connectivity index (χ4n) is 2.41. The zero-order valence-corrected chi connectivity index (χ0v) is 15.0. The molecule has 3 aromatic rings. The van der Waals surface area contributed by atoms with Crippen molar-refractivity contribution in [3.05, 3.63) is 65.2 Å². The van der Waals surface area contributed by atoms with Crippen LogP contribution in [0.4, 0.5) is 13.2 Å². The second kappa shape index (κ2) is 7.56. The average Bonchev–Trinajstić information content (AvgIpc) is 3.10. The highest BCUT2D eigenvalue weighted by molar-refractivity contribution is 7.18. The number of thiazole rings is 1. The zero-order valence-electron chi connectivity index (χ0n) is 14.2. The number of alkyl halides is 3. The molecule has 1 aromatic heterocycles. The number of para-hydroxylation sites is 1. The molecular formula is C18H14F3N3O3S. The first kappa shape index (κ1) is 19.8. The Kier molecular flexibility index (Phi) is 5.34. The molecule has 0 fully saturated rings. The Morgan fingerprint density at radius 3 is 2.29 bits per heavy atom. The number of hydrogen-bond acceptors (Lipinski definition) is 5. The van der Waals surface area contributed by atoms with Gasteiger partial charge in [-0.3, -0.25) is 20.4 Å². The molecule has 28 heavy (non-hydrogen) atoms. The van der Waals surface area contributed by atoms with Crippen molar-refractivity contribution in [1.82, 2.24) is 15.8 Å². The molecule has 1 atom stereocenters. The Hall–Kier alpha value is -2.98. The monoisotopic (exact) mass is 409 g/mol. The molecule has 3 rings (SSSR count). The summed E-state index contributed by atoms with van der Waals surface area (Å²) < 4.78 is 41.2. The van der Waals surface area contributed by atoms with E-state index in [4.69, 9.17) is 0 Å². The van der Waals surface area contributed by atoms with Crippen molar-refractivity contribution < 1.29 is 27.9 Å². The number of benzene rings is 2. The Morgan fingerprint density at radius 2 is 1.64 bits per heavy atom. The van der Waals surface area contributed by atoms with Gasteiger partial charge in [0.1, 0.15) is 5.01 Å². The second-order valence-electron chi connectivity index (χ2n) is 5.89. The molecule has 1 unspecified atom stereocenters. The third kappa shape index (κ3) is 3.97. The molecular weight excluding hydrogens is 395 g/mol. The van der Waals surface area contributed by atoms with Gasteiger partial charge in [-0.25, -0.2) is 4.98 Å². The summed E-state index contributed by atoms with van der Waals surface area (Å²) in [5, 5.41) is 9.67. The van der Waals surface area contributed by atoms with Crippen LogP contribution < -0.4 is 10.9 Å². The first-order chi connectivity index (χ1) is 13.2. The number of rotatable bonds is 4. The van der Waals surface area contributed by atoms with E-state index in [1.807, 2.05) is 10.9 Å². The van der Waals surface area contributed by atoms with Crippen molar-refractivity contribution in [2.45, 2.75) is 18.2 Å². The molecule has 2 aromatic carbocycles. The molecule has 0 aliphatic rings. The minimum Gasteiger partial charge on any atom is -0.374 e. The molecule has 10 heteroatoms. The van der Waals surface area contributed by atoms with Crippen LogP contribution in [0.2, 0.25) is 0 Å². The van der Waals surface area contributed by atoms with E-state index in [0.29, 0.717) is 16.0 Å². The van der Waals surface area contributed by atoms with E-state index < -0.39 is 35.0 Å². The number of nitrogens with zero attached hydrogens (tertiary/aromatic N) is 1. The lowest BCUT2D eigenvalue weighted by atomic mass is 9.99. The largest absolute Gasteiger partial charge is 0.424 e. The standard InChI is InChI=1S/C18H14F3N3O3S/c19-18(20,21)17(27,16-22-12-8-4-5-9-13(12)28-16)10-14(25)23-24-15(26)11-6-2-1-3-7-11/h1-9,27H,10H2,(H,23,25)(H,24,26). The summed E-state index contributed by atoms with van der Waals surface area (Å²) in [5.74, 6) is -1.92. The summed E-state index contributed by atoms with van der Waals surface area (Å²) in [6.45, 7) is 0. The van der Waals surface area contributed by atoms with Gasteiger partial charge in [0.2, 0.25) is 11.5 Å². The molecule has 0 radical (unpaired) electrons. The van der Waals surface area contributed by atoms with E-state index in [1.54, 1.807) is 36.4 Å². The van der Waals surface area contributed by atoms with Crippen LogP contribution >= 0.6 is 11.3 Å². The minimum atomic E-state index is -5.15. The minimum absolute atomic E-state index is 0.208. The van der Waals surface area contributed by atoms with Gasteiger partial charge in [0.25, 0.3) is 5.91 Å². The van der Waals surface area contributed by atoms with Crippen molar-refractivity contribution in [3.63, 3.8) is 0 Å². The van der Waals surface area contributed by atoms with Crippen LogP contribution in [0.1, 0.15) is 21.8 Å². The van der Waals surface area contributed by atoms with Crippen LogP contribution in [0, 0.1) is 0 Å². The van der Waals surface area contributed by atoms with Gasteiger partial charge in [0.15, 0.2) is 0 Å². The number of aromatic nitrogens is 1. The van der Waals surface area contributed by atoms with Crippen molar-refractivity contribution in [2.75, 3.05) is 0 Å². The fraction of sp³-hybridized carbons (Fsp3) is 0.167. The molecule has 2 amide bonds. The summed E-state index contributed by atoms with van der Waals surface area (Å²) >= 11 is 0.646. The summed E-state index contributed by atoms with van der Waals surface area (Å²) in [4.78, 5) is 27.7. The number of nitrogens with one attached hydrogen (secondary N) is 2. The van der Waals surface area contributed by atoms with E-state index in [-0.39, 0.29) is 11.1 Å². The maximum atomic E-state index is 13.6. The number of carbonyl (C=O) groups is 2. The number of amides is 2. The van der Waals surface area contributed by atoms with E-state index in [0.717, 1.165) is 0 Å². The van der Waals surface area contributed by atoms with E-state index in [2.05, 4.69) is 4.98 Å². The van der Waals surface area contributed by atoms with Crippen molar-refractivity contribution in [2.24, 2.45) is 0 Å². The van der Waals surface area contributed by atoms with E-state index >= 15 is 0 Å². The third-order valence-electron chi connectivity index (χ3n) is 3.88. The predicted molar refractivity (Wildman–Crippen MR) is 96.2 cm³/mol. The molecule has 0 bridgehead atoms. The molecule has 6 nitrogen and oxygen atoms in total. The average molecular weight is 409 g/mol. The highest BCUT2D eigenvalue weighted by atomic mass is 32.1. The number of hydrogen-bond donors (Lipinski definition) is 3. The highest BCUT2D eigenvalue weighted by Crippen LogP contribution is 2.44. The predicted octanol–water partition coefficient (Wildman–Crippen LogP) is 2.90. The topological polar surface area (TPSA) is 91.3 Å². The quantitative estimate of drug-likeness (QED) is 0.578.